The molecule has 1 heterocycles. The third kappa shape index (κ3) is 3.65. The quantitative estimate of drug-likeness (QED) is 0.918. The lowest BCUT2D eigenvalue weighted by molar-refractivity contribution is 0.0837. The molecule has 0 aliphatic carbocycles. The molecule has 0 fully saturated rings. The summed E-state index contributed by atoms with van der Waals surface area (Å²) in [6.07, 6.45) is -0.189. The summed E-state index contributed by atoms with van der Waals surface area (Å²) in [6, 6.07) is 9.62. The molecule has 1 amide bonds. The molecule has 0 aliphatic heterocycles. The lowest BCUT2D eigenvalue weighted by Gasteiger charge is -2.14. The molecule has 0 bridgehead atoms. The molecule has 1 aromatic carbocycles. The van der Waals surface area contributed by atoms with Gasteiger partial charge in [-0.25, -0.2) is 4.39 Å². The Bertz CT molecular complexity index is 597. The molecule has 2 aromatic rings. The van der Waals surface area contributed by atoms with Crippen LogP contribution < -0.4 is 5.32 Å². The van der Waals surface area contributed by atoms with Crippen molar-refractivity contribution in [3.8, 4) is 0 Å². The van der Waals surface area contributed by atoms with Crippen molar-refractivity contribution in [1.29, 1.82) is 0 Å². The molecule has 3 nitrogen and oxygen atoms in total. The smallest absolute Gasteiger partial charge is 0.251 e. The highest BCUT2D eigenvalue weighted by Gasteiger charge is 2.14. The van der Waals surface area contributed by atoms with Crippen molar-refractivity contribution in [3.05, 3.63) is 57.5 Å². The number of nitrogens with one attached hydrogen (secondary N) is 1. The average molecular weight is 293 g/mol. The highest BCUT2D eigenvalue weighted by atomic mass is 32.1. The van der Waals surface area contributed by atoms with Gasteiger partial charge in [0.05, 0.1) is 0 Å². The molecule has 5 heteroatoms. The number of carbonyl (C=O) groups is 1. The van der Waals surface area contributed by atoms with E-state index in [1.807, 2.05) is 19.1 Å². The number of halogens is 1. The molecular formula is C15H16FNO2S. The van der Waals surface area contributed by atoms with Crippen LogP contribution in [0.15, 0.2) is 36.4 Å². The van der Waals surface area contributed by atoms with Crippen LogP contribution in [-0.2, 0) is 4.74 Å². The zero-order valence-electron chi connectivity index (χ0n) is 11.4. The second-order valence-electron chi connectivity index (χ2n) is 4.39. The minimum Gasteiger partial charge on any atom is -0.374 e. The van der Waals surface area contributed by atoms with Gasteiger partial charge in [0.2, 0.25) is 0 Å². The Morgan fingerprint density at radius 2 is 2.20 bits per heavy atom. The van der Waals surface area contributed by atoms with Gasteiger partial charge in [0, 0.05) is 29.0 Å². The van der Waals surface area contributed by atoms with E-state index in [0.717, 1.165) is 4.88 Å². The summed E-state index contributed by atoms with van der Waals surface area (Å²) in [5.41, 5.74) is 0.308. The van der Waals surface area contributed by atoms with Crippen LogP contribution >= 0.6 is 11.3 Å². The Morgan fingerprint density at radius 3 is 2.80 bits per heavy atom. The molecule has 0 spiro atoms. The van der Waals surface area contributed by atoms with E-state index in [1.54, 1.807) is 24.5 Å². The van der Waals surface area contributed by atoms with Gasteiger partial charge in [-0.3, -0.25) is 4.79 Å². The van der Waals surface area contributed by atoms with E-state index in [-0.39, 0.29) is 12.0 Å². The molecule has 1 aromatic heterocycles. The van der Waals surface area contributed by atoms with Crippen LogP contribution in [0.2, 0.25) is 0 Å². The van der Waals surface area contributed by atoms with Crippen molar-refractivity contribution in [3.63, 3.8) is 0 Å². The van der Waals surface area contributed by atoms with Gasteiger partial charge in [0.15, 0.2) is 0 Å². The molecule has 0 saturated heterocycles. The van der Waals surface area contributed by atoms with Gasteiger partial charge >= 0.3 is 0 Å². The molecule has 0 aliphatic rings. The Balaban J connectivity index is 1.98. The summed E-state index contributed by atoms with van der Waals surface area (Å²) in [5.74, 6) is -0.727. The first-order valence-electron chi connectivity index (χ1n) is 6.23. The molecule has 0 saturated carbocycles. The second-order valence-corrected chi connectivity index (χ2v) is 5.71. The fourth-order valence-electron chi connectivity index (χ4n) is 1.84. The van der Waals surface area contributed by atoms with Crippen LogP contribution in [0.25, 0.3) is 0 Å². The van der Waals surface area contributed by atoms with Gasteiger partial charge in [-0.2, -0.15) is 0 Å². The Morgan fingerprint density at radius 1 is 1.40 bits per heavy atom. The normalized spacial score (nSPS) is 12.2. The number of hydrogen-bond acceptors (Lipinski definition) is 3. The van der Waals surface area contributed by atoms with Crippen molar-refractivity contribution in [2.24, 2.45) is 0 Å². The summed E-state index contributed by atoms with van der Waals surface area (Å²) in [7, 11) is 1.61. The topological polar surface area (TPSA) is 38.3 Å². The minimum atomic E-state index is -0.421. The Hall–Kier alpha value is -1.72. The summed E-state index contributed by atoms with van der Waals surface area (Å²) in [6.45, 7) is 2.37. The van der Waals surface area contributed by atoms with Gasteiger partial charge in [0.1, 0.15) is 11.9 Å². The maximum absolute atomic E-state index is 13.1. The number of amides is 1. The summed E-state index contributed by atoms with van der Waals surface area (Å²) in [4.78, 5) is 14.2. The maximum atomic E-state index is 13.1. The van der Waals surface area contributed by atoms with E-state index in [9.17, 15) is 9.18 Å². The van der Waals surface area contributed by atoms with Crippen molar-refractivity contribution >= 4 is 17.2 Å². The van der Waals surface area contributed by atoms with Crippen LogP contribution in [0.3, 0.4) is 0 Å². The molecule has 20 heavy (non-hydrogen) atoms. The molecule has 0 radical (unpaired) electrons. The van der Waals surface area contributed by atoms with E-state index >= 15 is 0 Å². The maximum Gasteiger partial charge on any atom is 0.251 e. The fraction of sp³-hybridized carbons (Fsp3) is 0.267. The largest absolute Gasteiger partial charge is 0.374 e. The van der Waals surface area contributed by atoms with E-state index in [4.69, 9.17) is 4.74 Å². The molecule has 1 atom stereocenters. The van der Waals surface area contributed by atoms with Gasteiger partial charge in [-0.05, 0) is 37.3 Å². The van der Waals surface area contributed by atoms with Gasteiger partial charge in [-0.15, -0.1) is 11.3 Å². The van der Waals surface area contributed by atoms with Crippen molar-refractivity contribution < 1.29 is 13.9 Å². The molecule has 1 unspecified atom stereocenters. The molecular weight excluding hydrogens is 277 g/mol. The lowest BCUT2D eigenvalue weighted by atomic mass is 10.2. The number of carbonyl (C=O) groups excluding carboxylic acids is 1. The van der Waals surface area contributed by atoms with E-state index in [0.29, 0.717) is 12.1 Å². The van der Waals surface area contributed by atoms with Crippen LogP contribution in [0.4, 0.5) is 4.39 Å². The van der Waals surface area contributed by atoms with Gasteiger partial charge in [-0.1, -0.05) is 6.07 Å². The molecule has 1 N–H and O–H groups in total. The van der Waals surface area contributed by atoms with Gasteiger partial charge < -0.3 is 10.1 Å². The number of aryl methyl sites for hydroxylation is 1. The third-order valence-corrected chi connectivity index (χ3v) is 3.99. The van der Waals surface area contributed by atoms with E-state index in [1.165, 1.54) is 23.1 Å². The fourth-order valence-corrected chi connectivity index (χ4v) is 2.80. The van der Waals surface area contributed by atoms with Crippen molar-refractivity contribution in [2.75, 3.05) is 13.7 Å². The van der Waals surface area contributed by atoms with Crippen LogP contribution in [0.1, 0.15) is 26.2 Å². The summed E-state index contributed by atoms with van der Waals surface area (Å²) in [5, 5.41) is 2.76. The first-order chi connectivity index (χ1) is 9.60. The summed E-state index contributed by atoms with van der Waals surface area (Å²) < 4.78 is 18.4. The van der Waals surface area contributed by atoms with E-state index in [2.05, 4.69) is 5.32 Å². The van der Waals surface area contributed by atoms with Crippen LogP contribution in [0.5, 0.6) is 0 Å². The molecule has 2 rings (SSSR count). The number of benzene rings is 1. The van der Waals surface area contributed by atoms with Crippen molar-refractivity contribution in [2.45, 2.75) is 13.0 Å². The predicted octanol–water partition coefficient (Wildman–Crippen LogP) is 3.31. The zero-order chi connectivity index (χ0) is 14.5. The predicted molar refractivity (Wildman–Crippen MR) is 77.5 cm³/mol. The number of methoxy groups -OCH3 is 1. The SMILES string of the molecule is COC(CNC(=O)c1cccc(F)c1)c1ccc(C)s1. The monoisotopic (exact) mass is 293 g/mol. The first kappa shape index (κ1) is 14.7. The standard InChI is InChI=1S/C15H16FNO2S/c1-10-6-7-14(20-10)13(19-2)9-17-15(18)11-4-3-5-12(16)8-11/h3-8,13H,9H2,1-2H3,(H,17,18). The third-order valence-electron chi connectivity index (χ3n) is 2.90. The molecule has 106 valence electrons. The number of ether oxygens (including phenoxy) is 1. The summed E-state index contributed by atoms with van der Waals surface area (Å²) >= 11 is 1.63. The van der Waals surface area contributed by atoms with Crippen LogP contribution in [-0.4, -0.2) is 19.6 Å². The number of thiophene rings is 1. The van der Waals surface area contributed by atoms with Gasteiger partial charge in [0.25, 0.3) is 5.91 Å². The van der Waals surface area contributed by atoms with Crippen LogP contribution in [0, 0.1) is 12.7 Å². The number of rotatable bonds is 5. The average Bonchev–Trinajstić information content (AvgIpc) is 2.86. The zero-order valence-corrected chi connectivity index (χ0v) is 12.2. The number of hydrogen-bond donors (Lipinski definition) is 1. The Kier molecular flexibility index (Phi) is 4.87. The minimum absolute atomic E-state index is 0.189. The first-order valence-corrected chi connectivity index (χ1v) is 7.04. The highest BCUT2D eigenvalue weighted by Crippen LogP contribution is 2.24. The van der Waals surface area contributed by atoms with Crippen molar-refractivity contribution in [1.82, 2.24) is 5.32 Å². The second kappa shape index (κ2) is 6.63. The lowest BCUT2D eigenvalue weighted by Crippen LogP contribution is -2.28. The highest BCUT2D eigenvalue weighted by molar-refractivity contribution is 7.12. The Labute approximate surface area is 121 Å². The van der Waals surface area contributed by atoms with E-state index < -0.39 is 5.82 Å².